The number of rotatable bonds is 6. The van der Waals surface area contributed by atoms with Crippen molar-refractivity contribution in [2.75, 3.05) is 6.61 Å². The van der Waals surface area contributed by atoms with Crippen molar-refractivity contribution in [2.24, 2.45) is 0 Å². The zero-order valence-corrected chi connectivity index (χ0v) is 14.8. The highest BCUT2D eigenvalue weighted by Gasteiger charge is 2.31. The Morgan fingerprint density at radius 2 is 1.67 bits per heavy atom. The Morgan fingerprint density at radius 1 is 1.07 bits per heavy atom. The third-order valence-electron chi connectivity index (χ3n) is 3.41. The molecule has 5 nitrogen and oxygen atoms in total. The predicted octanol–water partition coefficient (Wildman–Crippen LogP) is 4.27. The van der Waals surface area contributed by atoms with Crippen LogP contribution in [0.3, 0.4) is 0 Å². The highest BCUT2D eigenvalue weighted by molar-refractivity contribution is 6.30. The number of alkyl halides is 3. The lowest BCUT2D eigenvalue weighted by Gasteiger charge is -2.14. The largest absolute Gasteiger partial charge is 0.573 e. The highest BCUT2D eigenvalue weighted by atomic mass is 35.5. The molecule has 27 heavy (non-hydrogen) atoms. The van der Waals surface area contributed by atoms with Gasteiger partial charge in [-0.1, -0.05) is 23.7 Å². The second-order valence-electron chi connectivity index (χ2n) is 5.49. The van der Waals surface area contributed by atoms with Gasteiger partial charge in [0.1, 0.15) is 5.75 Å². The zero-order chi connectivity index (χ0) is 20.0. The number of hydrogen-bond acceptors (Lipinski definition) is 4. The molecule has 0 aliphatic heterocycles. The fourth-order valence-electron chi connectivity index (χ4n) is 2.13. The molecule has 0 spiro atoms. The molecule has 0 bridgehead atoms. The molecular weight excluding hydrogens is 387 g/mol. The lowest BCUT2D eigenvalue weighted by atomic mass is 10.1. The number of hydrogen-bond donors (Lipinski definition) is 1. The first-order chi connectivity index (χ1) is 12.6. The molecule has 9 heteroatoms. The molecule has 0 aliphatic carbocycles. The van der Waals surface area contributed by atoms with E-state index in [-0.39, 0.29) is 11.6 Å². The molecule has 0 saturated carbocycles. The van der Waals surface area contributed by atoms with E-state index in [1.807, 2.05) is 0 Å². The summed E-state index contributed by atoms with van der Waals surface area (Å²) in [5, 5.41) is 3.22. The maximum Gasteiger partial charge on any atom is 0.573 e. The number of halogens is 4. The fourth-order valence-corrected chi connectivity index (χ4v) is 2.25. The molecule has 144 valence electrons. The van der Waals surface area contributed by atoms with Gasteiger partial charge in [-0.3, -0.25) is 4.79 Å². The van der Waals surface area contributed by atoms with Crippen molar-refractivity contribution < 1.29 is 32.2 Å². The van der Waals surface area contributed by atoms with Crippen LogP contribution in [0, 0.1) is 0 Å². The van der Waals surface area contributed by atoms with Crippen molar-refractivity contribution in [1.29, 1.82) is 0 Å². The molecule has 1 N–H and O–H groups in total. The van der Waals surface area contributed by atoms with Crippen LogP contribution < -0.4 is 10.1 Å². The standard InChI is InChI=1S/C18H15ClF3NO4/c1-11(12-2-6-14(19)7-3-12)23-16(24)10-26-17(25)13-4-8-15(9-5-13)27-18(20,21)22/h2-9,11H,10H2,1H3,(H,23,24)/t11-/m0/s1. The van der Waals surface area contributed by atoms with Crippen molar-refractivity contribution in [3.05, 3.63) is 64.7 Å². The van der Waals surface area contributed by atoms with Gasteiger partial charge in [-0.15, -0.1) is 13.2 Å². The predicted molar refractivity (Wildman–Crippen MR) is 91.4 cm³/mol. The lowest BCUT2D eigenvalue weighted by Crippen LogP contribution is -2.31. The molecule has 0 aliphatic rings. The Labute approximate surface area is 158 Å². The van der Waals surface area contributed by atoms with Crippen LogP contribution in [-0.2, 0) is 9.53 Å². The number of carbonyl (C=O) groups excluding carboxylic acids is 2. The average molecular weight is 402 g/mol. The van der Waals surface area contributed by atoms with Gasteiger partial charge in [-0.25, -0.2) is 4.79 Å². The lowest BCUT2D eigenvalue weighted by molar-refractivity contribution is -0.274. The topological polar surface area (TPSA) is 64.6 Å². The summed E-state index contributed by atoms with van der Waals surface area (Å²) in [5.41, 5.74) is 0.808. The summed E-state index contributed by atoms with van der Waals surface area (Å²) in [4.78, 5) is 23.7. The molecule has 1 atom stereocenters. The summed E-state index contributed by atoms with van der Waals surface area (Å²) >= 11 is 5.80. The van der Waals surface area contributed by atoms with Gasteiger partial charge in [0.2, 0.25) is 0 Å². The van der Waals surface area contributed by atoms with E-state index in [9.17, 15) is 22.8 Å². The van der Waals surface area contributed by atoms with E-state index < -0.39 is 30.6 Å². The second kappa shape index (κ2) is 8.77. The van der Waals surface area contributed by atoms with Gasteiger partial charge in [-0.05, 0) is 48.9 Å². The van der Waals surface area contributed by atoms with Gasteiger partial charge >= 0.3 is 12.3 Å². The Hall–Kier alpha value is -2.74. The van der Waals surface area contributed by atoms with Gasteiger partial charge in [0.15, 0.2) is 6.61 Å². The normalized spacial score (nSPS) is 12.2. The van der Waals surface area contributed by atoms with Crippen LogP contribution in [0.4, 0.5) is 13.2 Å². The van der Waals surface area contributed by atoms with E-state index >= 15 is 0 Å². The first-order valence-corrected chi connectivity index (χ1v) is 8.09. The van der Waals surface area contributed by atoms with Crippen LogP contribution in [-0.4, -0.2) is 24.8 Å². The second-order valence-corrected chi connectivity index (χ2v) is 5.93. The molecule has 0 aromatic heterocycles. The van der Waals surface area contributed by atoms with Gasteiger partial charge in [0.05, 0.1) is 11.6 Å². The fraction of sp³-hybridized carbons (Fsp3) is 0.222. The van der Waals surface area contributed by atoms with Crippen molar-refractivity contribution in [3.8, 4) is 5.75 Å². The van der Waals surface area contributed by atoms with E-state index in [4.69, 9.17) is 16.3 Å². The summed E-state index contributed by atoms with van der Waals surface area (Å²) in [6.07, 6.45) is -4.82. The minimum Gasteiger partial charge on any atom is -0.452 e. The quantitative estimate of drug-likeness (QED) is 0.734. The maximum atomic E-state index is 12.1. The van der Waals surface area contributed by atoms with Crippen LogP contribution in [0.5, 0.6) is 5.75 Å². The van der Waals surface area contributed by atoms with Crippen molar-refractivity contribution in [2.45, 2.75) is 19.3 Å². The number of esters is 1. The summed E-state index contributed by atoms with van der Waals surface area (Å²) < 4.78 is 44.8. The molecule has 1 amide bonds. The minimum absolute atomic E-state index is 0.0110. The Bertz CT molecular complexity index is 792. The summed E-state index contributed by atoms with van der Waals surface area (Å²) in [6, 6.07) is 10.7. The monoisotopic (exact) mass is 401 g/mol. The van der Waals surface area contributed by atoms with Gasteiger partial charge in [0.25, 0.3) is 5.91 Å². The van der Waals surface area contributed by atoms with Crippen molar-refractivity contribution in [1.82, 2.24) is 5.32 Å². The first-order valence-electron chi connectivity index (χ1n) is 7.72. The number of ether oxygens (including phenoxy) is 2. The van der Waals surface area contributed by atoms with Gasteiger partial charge in [0, 0.05) is 5.02 Å². The molecule has 0 saturated heterocycles. The Morgan fingerprint density at radius 3 is 2.22 bits per heavy atom. The van der Waals surface area contributed by atoms with Crippen LogP contribution >= 0.6 is 11.6 Å². The van der Waals surface area contributed by atoms with Gasteiger partial charge < -0.3 is 14.8 Å². The van der Waals surface area contributed by atoms with Crippen molar-refractivity contribution in [3.63, 3.8) is 0 Å². The molecule has 0 fully saturated rings. The molecule has 0 unspecified atom stereocenters. The van der Waals surface area contributed by atoms with Gasteiger partial charge in [-0.2, -0.15) is 0 Å². The SMILES string of the molecule is C[C@H](NC(=O)COC(=O)c1ccc(OC(F)(F)F)cc1)c1ccc(Cl)cc1. The minimum atomic E-state index is -4.82. The van der Waals surface area contributed by atoms with Crippen molar-refractivity contribution >= 4 is 23.5 Å². The van der Waals surface area contributed by atoms with Crippen LogP contribution in [0.1, 0.15) is 28.9 Å². The first kappa shape index (κ1) is 20.6. The zero-order valence-electron chi connectivity index (χ0n) is 14.0. The molecule has 2 rings (SSSR count). The Balaban J connectivity index is 1.83. The maximum absolute atomic E-state index is 12.1. The molecule has 2 aromatic rings. The van der Waals surface area contributed by atoms with E-state index in [1.54, 1.807) is 31.2 Å². The van der Waals surface area contributed by atoms with E-state index in [0.29, 0.717) is 5.02 Å². The number of nitrogens with one attached hydrogen (secondary N) is 1. The number of carbonyl (C=O) groups is 2. The van der Waals surface area contributed by atoms with Crippen LogP contribution in [0.2, 0.25) is 5.02 Å². The Kier molecular flexibility index (Phi) is 6.68. The molecule has 2 aromatic carbocycles. The summed E-state index contributed by atoms with van der Waals surface area (Å²) in [7, 11) is 0. The van der Waals surface area contributed by atoms with Crippen LogP contribution in [0.25, 0.3) is 0 Å². The smallest absolute Gasteiger partial charge is 0.452 e. The summed E-state index contributed by atoms with van der Waals surface area (Å²) in [5.74, 6) is -1.83. The molecule has 0 heterocycles. The molecule has 0 radical (unpaired) electrons. The summed E-state index contributed by atoms with van der Waals surface area (Å²) in [6.45, 7) is 1.22. The average Bonchev–Trinajstić information content (AvgIpc) is 2.59. The third kappa shape index (κ3) is 6.82. The third-order valence-corrected chi connectivity index (χ3v) is 3.66. The van der Waals surface area contributed by atoms with E-state index in [0.717, 1.165) is 29.8 Å². The molecular formula is C18H15ClF3NO4. The number of benzene rings is 2. The van der Waals surface area contributed by atoms with Crippen LogP contribution in [0.15, 0.2) is 48.5 Å². The highest BCUT2D eigenvalue weighted by Crippen LogP contribution is 2.23. The number of amides is 1. The van der Waals surface area contributed by atoms with E-state index in [1.165, 1.54) is 0 Å². The van der Waals surface area contributed by atoms with E-state index in [2.05, 4.69) is 10.1 Å².